The summed E-state index contributed by atoms with van der Waals surface area (Å²) in [6, 6.07) is 0. The quantitative estimate of drug-likeness (QED) is 0.566. The second kappa shape index (κ2) is 5.14. The number of hydrogen-bond acceptors (Lipinski definition) is 5. The molecule has 1 N–H and O–H groups in total. The van der Waals surface area contributed by atoms with Crippen LogP contribution in [0.3, 0.4) is 0 Å². The largest absolute Gasteiger partial charge is 0.348 e. The number of ether oxygens (including phenoxy) is 3. The molecule has 116 valence electrons. The van der Waals surface area contributed by atoms with E-state index in [4.69, 9.17) is 14.2 Å². The number of hydrogen-bond donors (Lipinski definition) is 1. The van der Waals surface area contributed by atoms with Crippen LogP contribution in [0.2, 0.25) is 0 Å². The van der Waals surface area contributed by atoms with Crippen molar-refractivity contribution in [1.82, 2.24) is 9.55 Å². The number of aromatic nitrogens is 2. The van der Waals surface area contributed by atoms with E-state index in [9.17, 15) is 14.0 Å². The van der Waals surface area contributed by atoms with E-state index in [1.807, 2.05) is 4.98 Å². The summed E-state index contributed by atoms with van der Waals surface area (Å²) >= 11 is 2.15. The fourth-order valence-corrected chi connectivity index (χ4v) is 3.37. The Morgan fingerprint density at radius 1 is 1.38 bits per heavy atom. The lowest BCUT2D eigenvalue weighted by atomic mass is 10.1. The molecule has 0 saturated carbocycles. The number of rotatable bonds is 2. The first-order chi connectivity index (χ1) is 9.82. The van der Waals surface area contributed by atoms with Crippen molar-refractivity contribution in [3.05, 3.63) is 32.9 Å². The smallest absolute Gasteiger partial charge is 0.330 e. The number of alkyl halides is 1. The van der Waals surface area contributed by atoms with Crippen molar-refractivity contribution in [3.63, 3.8) is 0 Å². The van der Waals surface area contributed by atoms with E-state index < -0.39 is 35.2 Å². The Morgan fingerprint density at radius 3 is 2.71 bits per heavy atom. The fourth-order valence-electron chi connectivity index (χ4n) is 2.66. The summed E-state index contributed by atoms with van der Waals surface area (Å²) in [6.07, 6.45) is -1.15. The minimum atomic E-state index is -1.06. The van der Waals surface area contributed by atoms with Gasteiger partial charge < -0.3 is 14.2 Å². The number of nitrogens with zero attached hydrogens (tertiary/aromatic N) is 1. The molecule has 0 aliphatic carbocycles. The van der Waals surface area contributed by atoms with Gasteiger partial charge >= 0.3 is 5.69 Å². The monoisotopic (exact) mass is 412 g/mol. The van der Waals surface area contributed by atoms with Crippen molar-refractivity contribution in [2.24, 2.45) is 0 Å². The second-order valence-electron chi connectivity index (χ2n) is 5.43. The molecule has 2 fully saturated rings. The van der Waals surface area contributed by atoms with Crippen molar-refractivity contribution < 1.29 is 18.6 Å². The molecule has 1 aromatic heterocycles. The van der Waals surface area contributed by atoms with Crippen LogP contribution in [0.25, 0.3) is 0 Å². The zero-order chi connectivity index (χ0) is 15.4. The Balaban J connectivity index is 2.01. The van der Waals surface area contributed by atoms with Gasteiger partial charge in [0.25, 0.3) is 5.56 Å². The van der Waals surface area contributed by atoms with Gasteiger partial charge in [-0.15, -0.1) is 0 Å². The molecule has 2 aliphatic heterocycles. The van der Waals surface area contributed by atoms with Gasteiger partial charge in [-0.05, 0) is 13.8 Å². The van der Waals surface area contributed by atoms with Gasteiger partial charge in [-0.25, -0.2) is 4.79 Å². The van der Waals surface area contributed by atoms with Gasteiger partial charge in [0.2, 0.25) is 5.82 Å². The Kier molecular flexibility index (Phi) is 3.71. The minimum absolute atomic E-state index is 0.274. The second-order valence-corrected chi connectivity index (χ2v) is 6.31. The number of halogens is 2. The lowest BCUT2D eigenvalue weighted by Gasteiger charge is -2.24. The molecule has 2 saturated heterocycles. The van der Waals surface area contributed by atoms with Crippen LogP contribution in [0.5, 0.6) is 0 Å². The summed E-state index contributed by atoms with van der Waals surface area (Å²) in [7, 11) is 0. The fraction of sp³-hybridized carbons (Fsp3) is 0.667. The van der Waals surface area contributed by atoms with Crippen molar-refractivity contribution >= 4 is 22.6 Å². The zero-order valence-corrected chi connectivity index (χ0v) is 13.5. The molecular weight excluding hydrogens is 398 g/mol. The Bertz CT molecular complexity index is 672. The maximum atomic E-state index is 13.5. The summed E-state index contributed by atoms with van der Waals surface area (Å²) in [4.78, 5) is 24.9. The highest BCUT2D eigenvalue weighted by Crippen LogP contribution is 2.42. The highest BCUT2D eigenvalue weighted by Gasteiger charge is 2.55. The first-order valence-corrected chi connectivity index (χ1v) is 7.93. The number of H-pyrrole nitrogens is 1. The number of aromatic amines is 1. The molecule has 0 unspecified atom stereocenters. The standard InChI is InChI=1S/C12H14FIN2O5/c1-12(2)20-7-6(3-14)19-10(8(7)21-12)16-4-5(13)9(17)15-11(16)18/h4,6-8,10H,3H2,1-2H3,(H,15,17,18)/t6-,7+,8+,10+/m0/s1. The molecule has 0 amide bonds. The molecular formula is C12H14FIN2O5. The average Bonchev–Trinajstić information content (AvgIpc) is 2.87. The topological polar surface area (TPSA) is 82.6 Å². The number of fused-ring (bicyclic) bond motifs is 1. The molecule has 0 bridgehead atoms. The zero-order valence-electron chi connectivity index (χ0n) is 11.3. The summed E-state index contributed by atoms with van der Waals surface area (Å²) in [5, 5.41) is 0. The normalized spacial score (nSPS) is 34.1. The molecule has 21 heavy (non-hydrogen) atoms. The molecule has 4 atom stereocenters. The maximum Gasteiger partial charge on any atom is 0.330 e. The van der Waals surface area contributed by atoms with Crippen LogP contribution in [0.1, 0.15) is 20.1 Å². The van der Waals surface area contributed by atoms with Crippen molar-refractivity contribution in [3.8, 4) is 0 Å². The van der Waals surface area contributed by atoms with Gasteiger partial charge in [-0.2, -0.15) is 4.39 Å². The van der Waals surface area contributed by atoms with Crippen LogP contribution >= 0.6 is 22.6 Å². The first-order valence-electron chi connectivity index (χ1n) is 6.40. The average molecular weight is 412 g/mol. The Labute approximate surface area is 132 Å². The maximum absolute atomic E-state index is 13.5. The Hall–Kier alpha value is -0.780. The molecule has 3 heterocycles. The van der Waals surface area contributed by atoms with Crippen molar-refractivity contribution in [1.29, 1.82) is 0 Å². The molecule has 9 heteroatoms. The van der Waals surface area contributed by atoms with Gasteiger partial charge in [0.05, 0.1) is 12.3 Å². The van der Waals surface area contributed by atoms with Crippen LogP contribution in [0.15, 0.2) is 15.8 Å². The van der Waals surface area contributed by atoms with Gasteiger partial charge in [0.15, 0.2) is 12.0 Å². The van der Waals surface area contributed by atoms with E-state index in [1.54, 1.807) is 13.8 Å². The highest BCUT2D eigenvalue weighted by molar-refractivity contribution is 14.1. The molecule has 0 radical (unpaired) electrons. The summed E-state index contributed by atoms with van der Waals surface area (Å²) in [5.74, 6) is -1.85. The predicted octanol–water partition coefficient (Wildman–Crippen LogP) is 0.528. The van der Waals surface area contributed by atoms with E-state index >= 15 is 0 Å². The molecule has 0 aromatic carbocycles. The van der Waals surface area contributed by atoms with E-state index in [0.29, 0.717) is 4.43 Å². The summed E-state index contributed by atoms with van der Waals surface area (Å²) in [6.45, 7) is 3.53. The predicted molar refractivity (Wildman–Crippen MR) is 77.9 cm³/mol. The van der Waals surface area contributed by atoms with Gasteiger partial charge in [-0.3, -0.25) is 14.3 Å². The van der Waals surface area contributed by atoms with Crippen LogP contribution in [0, 0.1) is 5.82 Å². The first kappa shape index (κ1) is 15.1. The summed E-state index contributed by atoms with van der Waals surface area (Å²) in [5.41, 5.74) is -1.80. The van der Waals surface area contributed by atoms with Crippen LogP contribution in [0.4, 0.5) is 4.39 Å². The van der Waals surface area contributed by atoms with Crippen molar-refractivity contribution in [2.75, 3.05) is 4.43 Å². The van der Waals surface area contributed by atoms with Crippen LogP contribution < -0.4 is 11.2 Å². The van der Waals surface area contributed by atoms with Gasteiger partial charge in [-0.1, -0.05) is 22.6 Å². The summed E-state index contributed by atoms with van der Waals surface area (Å²) < 4.78 is 32.4. The van der Waals surface area contributed by atoms with Crippen LogP contribution in [-0.4, -0.2) is 38.1 Å². The van der Waals surface area contributed by atoms with E-state index in [1.165, 1.54) is 0 Å². The SMILES string of the molecule is CC1(C)O[C@@H]2[C@H](O1)[C@H](CI)O[C@H]2n1cc(F)c(=O)[nH]c1=O. The van der Waals surface area contributed by atoms with E-state index in [0.717, 1.165) is 10.8 Å². The third kappa shape index (κ3) is 2.56. The van der Waals surface area contributed by atoms with E-state index in [2.05, 4.69) is 22.6 Å². The molecule has 0 spiro atoms. The third-order valence-corrected chi connectivity index (χ3v) is 4.34. The van der Waals surface area contributed by atoms with Gasteiger partial charge in [0, 0.05) is 4.43 Å². The Morgan fingerprint density at radius 2 is 2.05 bits per heavy atom. The third-order valence-electron chi connectivity index (χ3n) is 3.48. The lowest BCUT2D eigenvalue weighted by molar-refractivity contribution is -0.194. The molecule has 3 rings (SSSR count). The molecule has 1 aromatic rings. The highest BCUT2D eigenvalue weighted by atomic mass is 127. The van der Waals surface area contributed by atoms with Crippen LogP contribution in [-0.2, 0) is 14.2 Å². The lowest BCUT2D eigenvalue weighted by Crippen LogP contribution is -2.38. The molecule has 7 nitrogen and oxygen atoms in total. The van der Waals surface area contributed by atoms with Gasteiger partial charge in [0.1, 0.15) is 12.2 Å². The van der Waals surface area contributed by atoms with E-state index in [-0.39, 0.29) is 12.2 Å². The van der Waals surface area contributed by atoms with Crippen molar-refractivity contribution in [2.45, 2.75) is 44.2 Å². The minimum Gasteiger partial charge on any atom is -0.348 e. The molecule has 2 aliphatic rings. The number of nitrogens with one attached hydrogen (secondary N) is 1.